The number of aryl methyl sites for hydroxylation is 1. The van der Waals surface area contributed by atoms with E-state index in [4.69, 9.17) is 19.9 Å². The van der Waals surface area contributed by atoms with Gasteiger partial charge in [0.05, 0.1) is 19.8 Å². The summed E-state index contributed by atoms with van der Waals surface area (Å²) in [7, 11) is 3.11. The molecule has 0 spiro atoms. The highest BCUT2D eigenvalue weighted by Crippen LogP contribution is 2.51. The number of allylic oxidation sites excluding steroid dienone is 1. The van der Waals surface area contributed by atoms with Crippen molar-refractivity contribution in [2.24, 2.45) is 5.73 Å². The smallest absolute Gasteiger partial charge is 0.130 e. The molecule has 1 aliphatic rings. The van der Waals surface area contributed by atoms with Gasteiger partial charge in [-0.1, -0.05) is 12.2 Å². The van der Waals surface area contributed by atoms with E-state index in [0.29, 0.717) is 11.3 Å². The first-order valence-electron chi connectivity index (χ1n) is 8.93. The minimum atomic E-state index is -0.374. The second-order valence-corrected chi connectivity index (χ2v) is 6.60. The lowest BCUT2D eigenvalue weighted by molar-refractivity contribution is 0.389. The van der Waals surface area contributed by atoms with E-state index in [1.165, 1.54) is 25.4 Å². The van der Waals surface area contributed by atoms with Gasteiger partial charge < -0.3 is 30.2 Å². The molecular weight excluding hydrogens is 358 g/mol. The number of hydrogen-bond donors (Lipinski definition) is 3. The van der Waals surface area contributed by atoms with Crippen LogP contribution in [0.4, 0.5) is 0 Å². The summed E-state index contributed by atoms with van der Waals surface area (Å²) in [5, 5.41) is 20.7. The summed E-state index contributed by atoms with van der Waals surface area (Å²) < 4.78 is 16.4. The predicted octanol–water partition coefficient (Wildman–Crippen LogP) is 3.90. The van der Waals surface area contributed by atoms with Crippen LogP contribution in [0.1, 0.15) is 35.3 Å². The van der Waals surface area contributed by atoms with E-state index >= 15 is 0 Å². The van der Waals surface area contributed by atoms with Crippen molar-refractivity contribution in [3.63, 3.8) is 0 Å². The Hall–Kier alpha value is -3.12. The summed E-state index contributed by atoms with van der Waals surface area (Å²) in [5.41, 5.74) is 9.52. The van der Waals surface area contributed by atoms with Crippen LogP contribution in [0, 0.1) is 6.92 Å². The highest BCUT2D eigenvalue weighted by Gasteiger charge is 2.45. The molecule has 4 N–H and O–H groups in total. The van der Waals surface area contributed by atoms with Gasteiger partial charge in [-0.25, -0.2) is 0 Å². The van der Waals surface area contributed by atoms with Crippen LogP contribution in [0.3, 0.4) is 0 Å². The van der Waals surface area contributed by atoms with Gasteiger partial charge in [0.2, 0.25) is 0 Å². The van der Waals surface area contributed by atoms with Gasteiger partial charge in [-0.2, -0.15) is 0 Å². The van der Waals surface area contributed by atoms with Crippen LogP contribution >= 0.6 is 0 Å². The maximum atomic E-state index is 10.3. The zero-order valence-corrected chi connectivity index (χ0v) is 16.4. The van der Waals surface area contributed by atoms with E-state index < -0.39 is 0 Å². The standard InChI is InChI=1S/C22H25NO5/c1-5-6-13-8-14(7-12(2)20(13)27-4)21-22(28-21)16(11-23)19-17(24)9-15(26-3)10-18(19)25/h5-11,21-22,24-25H,23H2,1-4H3/b6-5-,16-11-. The van der Waals surface area contributed by atoms with Crippen molar-refractivity contribution in [1.82, 2.24) is 0 Å². The molecule has 1 saturated heterocycles. The van der Waals surface area contributed by atoms with Crippen molar-refractivity contribution >= 4 is 11.6 Å². The fourth-order valence-electron chi connectivity index (χ4n) is 3.50. The molecular formula is C22H25NO5. The Labute approximate surface area is 164 Å². The molecule has 2 aromatic carbocycles. The fourth-order valence-corrected chi connectivity index (χ4v) is 3.50. The van der Waals surface area contributed by atoms with Crippen molar-refractivity contribution in [1.29, 1.82) is 0 Å². The Bertz CT molecular complexity index is 925. The van der Waals surface area contributed by atoms with Gasteiger partial charge in [-0.15, -0.1) is 0 Å². The Kier molecular flexibility index (Phi) is 5.51. The number of phenols is 2. The highest BCUT2D eigenvalue weighted by atomic mass is 16.6. The van der Waals surface area contributed by atoms with Crippen molar-refractivity contribution in [2.45, 2.75) is 26.1 Å². The molecule has 1 aliphatic heterocycles. The Morgan fingerprint density at radius 1 is 1.11 bits per heavy atom. The maximum absolute atomic E-state index is 10.3. The molecule has 0 bridgehead atoms. The second kappa shape index (κ2) is 7.86. The summed E-state index contributed by atoms with van der Waals surface area (Å²) in [5.74, 6) is 0.927. The number of methoxy groups -OCH3 is 2. The molecule has 0 saturated carbocycles. The molecule has 3 rings (SSSR count). The minimum Gasteiger partial charge on any atom is -0.507 e. The first-order chi connectivity index (χ1) is 13.4. The van der Waals surface area contributed by atoms with Gasteiger partial charge in [0, 0.05) is 29.5 Å². The number of aromatic hydroxyl groups is 2. The molecule has 0 radical (unpaired) electrons. The zero-order chi connectivity index (χ0) is 20.4. The van der Waals surface area contributed by atoms with Crippen molar-refractivity contribution < 1.29 is 24.4 Å². The lowest BCUT2D eigenvalue weighted by Gasteiger charge is -2.12. The number of rotatable bonds is 6. The molecule has 2 aromatic rings. The largest absolute Gasteiger partial charge is 0.507 e. The van der Waals surface area contributed by atoms with Crippen LogP contribution in [0.15, 0.2) is 36.5 Å². The summed E-state index contributed by atoms with van der Waals surface area (Å²) in [4.78, 5) is 0. The van der Waals surface area contributed by atoms with Gasteiger partial charge in [0.15, 0.2) is 0 Å². The van der Waals surface area contributed by atoms with E-state index in [9.17, 15) is 10.2 Å². The SMILES string of the molecule is C/C=C\c1cc(C2OC2/C(=C\N)c2c(O)cc(OC)cc2O)cc(C)c1OC. The third-order valence-electron chi connectivity index (χ3n) is 4.78. The topological polar surface area (TPSA) is 97.5 Å². The van der Waals surface area contributed by atoms with E-state index in [-0.39, 0.29) is 29.3 Å². The number of hydrogen-bond acceptors (Lipinski definition) is 6. The van der Waals surface area contributed by atoms with E-state index in [1.807, 2.05) is 38.1 Å². The van der Waals surface area contributed by atoms with E-state index in [2.05, 4.69) is 0 Å². The van der Waals surface area contributed by atoms with Crippen LogP contribution in [0.5, 0.6) is 23.0 Å². The van der Waals surface area contributed by atoms with Crippen LogP contribution in [-0.2, 0) is 4.74 Å². The van der Waals surface area contributed by atoms with Crippen LogP contribution in [0.2, 0.25) is 0 Å². The third-order valence-corrected chi connectivity index (χ3v) is 4.78. The third kappa shape index (κ3) is 3.51. The molecule has 6 heteroatoms. The number of nitrogens with two attached hydrogens (primary N) is 1. The minimum absolute atomic E-state index is 0.122. The Balaban J connectivity index is 1.95. The average molecular weight is 383 g/mol. The van der Waals surface area contributed by atoms with E-state index in [0.717, 1.165) is 22.4 Å². The molecule has 28 heavy (non-hydrogen) atoms. The molecule has 0 aliphatic carbocycles. The summed E-state index contributed by atoms with van der Waals surface area (Å²) in [6.07, 6.45) is 4.68. The molecule has 0 aromatic heterocycles. The molecule has 2 unspecified atom stereocenters. The summed E-state index contributed by atoms with van der Waals surface area (Å²) >= 11 is 0. The molecule has 1 heterocycles. The molecule has 1 fully saturated rings. The molecule has 2 atom stereocenters. The molecule has 0 amide bonds. The van der Waals surface area contributed by atoms with Crippen LogP contribution < -0.4 is 15.2 Å². The number of ether oxygens (including phenoxy) is 3. The van der Waals surface area contributed by atoms with Crippen molar-refractivity contribution in [3.05, 3.63) is 58.8 Å². The normalized spacial score (nSPS) is 19.1. The summed E-state index contributed by atoms with van der Waals surface area (Å²) in [6.45, 7) is 3.93. The van der Waals surface area contributed by atoms with Crippen molar-refractivity contribution in [2.75, 3.05) is 14.2 Å². The maximum Gasteiger partial charge on any atom is 0.130 e. The number of phenolic OH excluding ortho intramolecular Hbond substituents is 2. The van der Waals surface area contributed by atoms with Crippen LogP contribution in [0.25, 0.3) is 11.6 Å². The second-order valence-electron chi connectivity index (χ2n) is 6.60. The average Bonchev–Trinajstić information content (AvgIpc) is 3.45. The van der Waals surface area contributed by atoms with Gasteiger partial charge in [-0.05, 0) is 37.1 Å². The zero-order valence-electron chi connectivity index (χ0n) is 16.4. The van der Waals surface area contributed by atoms with Crippen LogP contribution in [-0.4, -0.2) is 30.5 Å². The van der Waals surface area contributed by atoms with Gasteiger partial charge in [0.25, 0.3) is 0 Å². The lowest BCUT2D eigenvalue weighted by Crippen LogP contribution is -2.01. The number of epoxide rings is 1. The highest BCUT2D eigenvalue weighted by molar-refractivity contribution is 5.80. The van der Waals surface area contributed by atoms with Gasteiger partial charge in [0.1, 0.15) is 35.2 Å². The number of benzene rings is 2. The fraction of sp³-hybridized carbons (Fsp3) is 0.273. The Morgan fingerprint density at radius 3 is 2.32 bits per heavy atom. The quantitative estimate of drug-likeness (QED) is 0.655. The van der Waals surface area contributed by atoms with Gasteiger partial charge in [-0.3, -0.25) is 0 Å². The monoisotopic (exact) mass is 383 g/mol. The lowest BCUT2D eigenvalue weighted by atomic mass is 9.95. The van der Waals surface area contributed by atoms with Gasteiger partial charge >= 0.3 is 0 Å². The first-order valence-corrected chi connectivity index (χ1v) is 8.93. The molecule has 6 nitrogen and oxygen atoms in total. The molecule has 148 valence electrons. The first kappa shape index (κ1) is 19.6. The summed E-state index contributed by atoms with van der Waals surface area (Å²) in [6, 6.07) is 6.88. The Morgan fingerprint density at radius 2 is 1.79 bits per heavy atom. The van der Waals surface area contributed by atoms with Crippen molar-refractivity contribution in [3.8, 4) is 23.0 Å². The predicted molar refractivity (Wildman–Crippen MR) is 109 cm³/mol. The van der Waals surface area contributed by atoms with E-state index in [1.54, 1.807) is 7.11 Å².